The van der Waals surface area contributed by atoms with Gasteiger partial charge in [-0.05, 0) is 42.0 Å². The Morgan fingerprint density at radius 2 is 1.85 bits per heavy atom. The first-order chi connectivity index (χ1) is 12.2. The number of amides is 1. The van der Waals surface area contributed by atoms with E-state index in [0.29, 0.717) is 27.6 Å². The molecule has 7 nitrogen and oxygen atoms in total. The highest BCUT2D eigenvalue weighted by Crippen LogP contribution is 2.22. The highest BCUT2D eigenvalue weighted by molar-refractivity contribution is 7.88. The Bertz CT molecular complexity index is 896. The molecule has 0 heterocycles. The predicted molar refractivity (Wildman–Crippen MR) is 100 cm³/mol. The van der Waals surface area contributed by atoms with Gasteiger partial charge in [0.15, 0.2) is 0 Å². The number of rotatable bonds is 5. The van der Waals surface area contributed by atoms with Crippen molar-refractivity contribution in [1.29, 1.82) is 0 Å². The minimum absolute atomic E-state index is 0.335. The summed E-state index contributed by atoms with van der Waals surface area (Å²) in [5.74, 6) is 0.501. The number of ether oxygens (including phenoxy) is 2. The minimum Gasteiger partial charge on any atom is -0.497 e. The fourth-order valence-electron chi connectivity index (χ4n) is 1.78. The Balaban J connectivity index is 0.000000263. The van der Waals surface area contributed by atoms with Crippen molar-refractivity contribution in [1.82, 2.24) is 0 Å². The number of primary amides is 1. The van der Waals surface area contributed by atoms with Crippen LogP contribution in [-0.4, -0.2) is 33.1 Å². The van der Waals surface area contributed by atoms with Gasteiger partial charge in [0, 0.05) is 5.02 Å². The molecule has 0 fully saturated rings. The van der Waals surface area contributed by atoms with Gasteiger partial charge in [-0.3, -0.25) is 9.35 Å². The van der Waals surface area contributed by atoms with E-state index in [1.807, 2.05) is 0 Å². The topological polar surface area (TPSA) is 116 Å². The first-order valence-electron chi connectivity index (χ1n) is 7.09. The average Bonchev–Trinajstić information content (AvgIpc) is 2.59. The number of hydrogen-bond donors (Lipinski definition) is 2. The van der Waals surface area contributed by atoms with Crippen molar-refractivity contribution in [2.24, 2.45) is 5.73 Å². The minimum atomic E-state index is -4.06. The Hall–Kier alpha value is -2.55. The second kappa shape index (κ2) is 9.81. The first kappa shape index (κ1) is 21.5. The van der Waals surface area contributed by atoms with E-state index in [2.05, 4.69) is 0 Å². The summed E-state index contributed by atoms with van der Waals surface area (Å²) in [6.07, 6.45) is 1.29. The summed E-state index contributed by atoms with van der Waals surface area (Å²) in [6, 6.07) is 11.5. The molecule has 2 rings (SSSR count). The standard InChI is InChI=1S/C9H10O4S.C8H8ClNO2/c1-13-9-4-2-3-8(7-9)5-6-14(10,11)12;1-12-7-4-5(9)2-3-6(7)8(10)11/h2-7H,1H3,(H,10,11,12);2-4H,1H3,(H2,10,11)/b6-5+;. The van der Waals surface area contributed by atoms with Crippen LogP contribution in [0.5, 0.6) is 11.5 Å². The molecule has 0 aromatic heterocycles. The van der Waals surface area contributed by atoms with Crippen molar-refractivity contribution in [3.63, 3.8) is 0 Å². The Morgan fingerprint density at radius 3 is 2.38 bits per heavy atom. The number of benzene rings is 2. The van der Waals surface area contributed by atoms with Crippen LogP contribution in [0.3, 0.4) is 0 Å². The predicted octanol–water partition coefficient (Wildman–Crippen LogP) is 3.00. The second-order valence-corrected chi connectivity index (χ2v) is 6.54. The van der Waals surface area contributed by atoms with Gasteiger partial charge in [-0.15, -0.1) is 0 Å². The summed E-state index contributed by atoms with van der Waals surface area (Å²) in [7, 11) is -1.09. The molecule has 0 bridgehead atoms. The fourth-order valence-corrected chi connectivity index (χ4v) is 2.27. The van der Waals surface area contributed by atoms with Crippen LogP contribution >= 0.6 is 11.6 Å². The molecule has 2 aromatic carbocycles. The summed E-state index contributed by atoms with van der Waals surface area (Å²) in [6.45, 7) is 0. The average molecular weight is 400 g/mol. The molecule has 0 aliphatic carbocycles. The molecule has 0 aliphatic heterocycles. The quantitative estimate of drug-likeness (QED) is 0.746. The zero-order valence-corrected chi connectivity index (χ0v) is 15.6. The molecule has 0 spiro atoms. The Kier molecular flexibility index (Phi) is 8.11. The molecule has 1 amide bonds. The van der Waals surface area contributed by atoms with Crippen molar-refractivity contribution in [2.75, 3.05) is 14.2 Å². The molecule has 9 heteroatoms. The Morgan fingerprint density at radius 1 is 1.15 bits per heavy atom. The van der Waals surface area contributed by atoms with Gasteiger partial charge >= 0.3 is 0 Å². The molecule has 140 valence electrons. The van der Waals surface area contributed by atoms with Gasteiger partial charge in [-0.1, -0.05) is 23.7 Å². The summed E-state index contributed by atoms with van der Waals surface area (Å²) in [5.41, 5.74) is 6.05. The fraction of sp³-hybridized carbons (Fsp3) is 0.118. The van der Waals surface area contributed by atoms with Crippen LogP contribution in [0.4, 0.5) is 0 Å². The third-order valence-corrected chi connectivity index (χ3v) is 3.67. The van der Waals surface area contributed by atoms with E-state index in [9.17, 15) is 13.2 Å². The Labute approximate surface area is 156 Å². The lowest BCUT2D eigenvalue weighted by atomic mass is 10.2. The molecular weight excluding hydrogens is 382 g/mol. The maximum Gasteiger partial charge on any atom is 0.287 e. The van der Waals surface area contributed by atoms with E-state index in [1.54, 1.807) is 36.4 Å². The van der Waals surface area contributed by atoms with Gasteiger partial charge in [0.25, 0.3) is 16.0 Å². The van der Waals surface area contributed by atoms with Gasteiger partial charge in [-0.25, -0.2) is 0 Å². The number of nitrogens with two attached hydrogens (primary N) is 1. The second-order valence-electron chi connectivity index (χ2n) is 4.80. The van der Waals surface area contributed by atoms with Crippen molar-refractivity contribution in [3.05, 3.63) is 64.0 Å². The van der Waals surface area contributed by atoms with E-state index >= 15 is 0 Å². The van der Waals surface area contributed by atoms with Crippen LogP contribution in [0, 0.1) is 0 Å². The largest absolute Gasteiger partial charge is 0.497 e. The smallest absolute Gasteiger partial charge is 0.287 e. The third-order valence-electron chi connectivity index (χ3n) is 2.96. The number of methoxy groups -OCH3 is 2. The normalized spacial score (nSPS) is 10.8. The zero-order chi connectivity index (χ0) is 19.7. The van der Waals surface area contributed by atoms with Crippen molar-refractivity contribution in [3.8, 4) is 11.5 Å². The number of hydrogen-bond acceptors (Lipinski definition) is 5. The highest BCUT2D eigenvalue weighted by atomic mass is 35.5. The van der Waals surface area contributed by atoms with Crippen LogP contribution in [0.1, 0.15) is 15.9 Å². The first-order valence-corrected chi connectivity index (χ1v) is 8.97. The van der Waals surface area contributed by atoms with Crippen molar-refractivity contribution >= 4 is 33.7 Å². The summed E-state index contributed by atoms with van der Waals surface area (Å²) >= 11 is 5.67. The van der Waals surface area contributed by atoms with Crippen LogP contribution in [0.25, 0.3) is 6.08 Å². The SMILES string of the molecule is COc1cc(Cl)ccc1C(N)=O.COc1cccc(/C=C/S(=O)(=O)O)c1. The van der Waals surface area contributed by atoms with Crippen LogP contribution in [0.15, 0.2) is 47.9 Å². The molecule has 26 heavy (non-hydrogen) atoms. The molecule has 0 saturated heterocycles. The van der Waals surface area contributed by atoms with Crippen LogP contribution in [0.2, 0.25) is 5.02 Å². The number of carbonyl (C=O) groups is 1. The number of carbonyl (C=O) groups excluding carboxylic acids is 1. The third kappa shape index (κ3) is 7.56. The maximum absolute atomic E-state index is 10.8. The van der Waals surface area contributed by atoms with Gasteiger partial charge in [0.2, 0.25) is 0 Å². The summed E-state index contributed by atoms with van der Waals surface area (Å²) < 4.78 is 39.1. The highest BCUT2D eigenvalue weighted by Gasteiger charge is 2.08. The number of halogens is 1. The van der Waals surface area contributed by atoms with Gasteiger partial charge in [0.1, 0.15) is 11.5 Å². The lowest BCUT2D eigenvalue weighted by molar-refractivity contribution is 0.0997. The van der Waals surface area contributed by atoms with Gasteiger partial charge < -0.3 is 15.2 Å². The van der Waals surface area contributed by atoms with E-state index in [-0.39, 0.29) is 0 Å². The molecule has 0 aliphatic rings. The van der Waals surface area contributed by atoms with E-state index in [4.69, 9.17) is 31.4 Å². The summed E-state index contributed by atoms with van der Waals surface area (Å²) in [5, 5.41) is 1.23. The molecule has 0 atom stereocenters. The maximum atomic E-state index is 10.8. The lowest BCUT2D eigenvalue weighted by Gasteiger charge is -2.04. The molecule has 0 unspecified atom stereocenters. The summed E-state index contributed by atoms with van der Waals surface area (Å²) in [4.78, 5) is 10.8. The molecule has 3 N–H and O–H groups in total. The van der Waals surface area contributed by atoms with Crippen molar-refractivity contribution < 1.29 is 27.2 Å². The molecule has 0 radical (unpaired) electrons. The molecular formula is C17H18ClNO6S. The van der Waals surface area contributed by atoms with E-state index < -0.39 is 16.0 Å². The van der Waals surface area contributed by atoms with E-state index in [0.717, 1.165) is 5.41 Å². The van der Waals surface area contributed by atoms with Gasteiger partial charge in [-0.2, -0.15) is 8.42 Å². The van der Waals surface area contributed by atoms with Crippen molar-refractivity contribution in [2.45, 2.75) is 0 Å². The molecule has 2 aromatic rings. The van der Waals surface area contributed by atoms with Crippen LogP contribution < -0.4 is 15.2 Å². The van der Waals surface area contributed by atoms with Crippen LogP contribution in [-0.2, 0) is 10.1 Å². The monoisotopic (exact) mass is 399 g/mol. The zero-order valence-electron chi connectivity index (χ0n) is 14.0. The van der Waals surface area contributed by atoms with E-state index in [1.165, 1.54) is 26.4 Å². The van der Waals surface area contributed by atoms with Gasteiger partial charge in [0.05, 0.1) is 25.2 Å². The molecule has 0 saturated carbocycles. The lowest BCUT2D eigenvalue weighted by Crippen LogP contribution is -2.12.